The normalized spacial score (nSPS) is 11.0. The average Bonchev–Trinajstić information content (AvgIpc) is 3.15. The van der Waals surface area contributed by atoms with Crippen molar-refractivity contribution >= 4 is 16.9 Å². The lowest BCUT2D eigenvalue weighted by Crippen LogP contribution is -1.92. The van der Waals surface area contributed by atoms with Gasteiger partial charge in [-0.05, 0) is 23.8 Å². The Morgan fingerprint density at radius 2 is 1.64 bits per heavy atom. The second-order valence-electron chi connectivity index (χ2n) is 5.47. The maximum absolute atomic E-state index is 11.4. The van der Waals surface area contributed by atoms with Crippen molar-refractivity contribution in [2.24, 2.45) is 0 Å². The third-order valence-electron chi connectivity index (χ3n) is 3.98. The second kappa shape index (κ2) is 5.41. The topological polar surface area (TPSA) is 102 Å². The van der Waals surface area contributed by atoms with Crippen LogP contribution in [0.4, 0.5) is 5.88 Å². The van der Waals surface area contributed by atoms with Crippen molar-refractivity contribution in [3.05, 3.63) is 70.8 Å². The quantitative estimate of drug-likeness (QED) is 0.431. The zero-order valence-electron chi connectivity index (χ0n) is 12.8. The van der Waals surface area contributed by atoms with Crippen LogP contribution in [-0.4, -0.2) is 19.7 Å². The minimum atomic E-state index is -0.563. The summed E-state index contributed by atoms with van der Waals surface area (Å²) in [5.74, 6) is -0.633. The zero-order valence-corrected chi connectivity index (χ0v) is 12.8. The molecule has 2 heterocycles. The minimum absolute atomic E-state index is 0.142. The van der Waals surface area contributed by atoms with Gasteiger partial charge in [0.2, 0.25) is 0 Å². The summed E-state index contributed by atoms with van der Waals surface area (Å²) < 4.78 is 6.64. The van der Waals surface area contributed by atoms with Gasteiger partial charge in [0.1, 0.15) is 16.1 Å². The highest BCUT2D eigenvalue weighted by Crippen LogP contribution is 2.41. The Morgan fingerprint density at radius 3 is 2.28 bits per heavy atom. The Bertz CT molecular complexity index is 1080. The van der Waals surface area contributed by atoms with Crippen LogP contribution in [0.1, 0.15) is 0 Å². The third-order valence-corrected chi connectivity index (χ3v) is 3.98. The second-order valence-corrected chi connectivity index (χ2v) is 5.47. The largest absolute Gasteiger partial charge is 0.494 e. The molecular weight excluding hydrogens is 324 g/mol. The van der Waals surface area contributed by atoms with Crippen LogP contribution in [0.15, 0.2) is 65.1 Å². The van der Waals surface area contributed by atoms with Crippen LogP contribution < -0.4 is 0 Å². The smallest absolute Gasteiger partial charge is 0.442 e. The number of aromatic hydroxyl groups is 2. The molecular formula is C18H12N2O5. The molecule has 0 radical (unpaired) electrons. The highest BCUT2D eigenvalue weighted by Gasteiger charge is 2.25. The van der Waals surface area contributed by atoms with E-state index in [2.05, 4.69) is 0 Å². The molecule has 4 rings (SSSR count). The first-order valence-electron chi connectivity index (χ1n) is 7.42. The molecule has 0 amide bonds. The van der Waals surface area contributed by atoms with Crippen LogP contribution in [0, 0.1) is 10.1 Å². The number of hydrogen-bond acceptors (Lipinski definition) is 5. The zero-order chi connectivity index (χ0) is 17.6. The van der Waals surface area contributed by atoms with Crippen LogP contribution in [0.3, 0.4) is 0 Å². The summed E-state index contributed by atoms with van der Waals surface area (Å²) in [4.78, 5) is 10.9. The summed E-state index contributed by atoms with van der Waals surface area (Å²) in [6, 6.07) is 16.4. The van der Waals surface area contributed by atoms with E-state index in [0.717, 1.165) is 0 Å². The van der Waals surface area contributed by atoms with Gasteiger partial charge < -0.3 is 14.6 Å². The lowest BCUT2D eigenvalue weighted by atomic mass is 10.0. The van der Waals surface area contributed by atoms with Crippen LogP contribution >= 0.6 is 0 Å². The first kappa shape index (κ1) is 14.8. The Kier molecular flexibility index (Phi) is 3.21. The molecule has 0 unspecified atom stereocenters. The monoisotopic (exact) mass is 336 g/mol. The van der Waals surface area contributed by atoms with Gasteiger partial charge in [0.05, 0.1) is 5.69 Å². The van der Waals surface area contributed by atoms with Gasteiger partial charge in [-0.1, -0.05) is 30.3 Å². The standard InChI is InChI=1S/C18H12N2O5/c21-15-8-9-16(22)19(15)12-6-7-14-13(10-12)17(18(25-14)20(23)24)11-4-2-1-3-5-11/h1-10,21-22H. The van der Waals surface area contributed by atoms with E-state index >= 15 is 0 Å². The molecule has 0 atom stereocenters. The van der Waals surface area contributed by atoms with Gasteiger partial charge in [0.25, 0.3) is 0 Å². The Balaban J connectivity index is 2.03. The van der Waals surface area contributed by atoms with Crippen LogP contribution in [-0.2, 0) is 0 Å². The van der Waals surface area contributed by atoms with Gasteiger partial charge in [-0.25, -0.2) is 0 Å². The van der Waals surface area contributed by atoms with Crippen molar-refractivity contribution in [2.75, 3.05) is 0 Å². The van der Waals surface area contributed by atoms with Crippen molar-refractivity contribution in [1.29, 1.82) is 0 Å². The molecule has 25 heavy (non-hydrogen) atoms. The lowest BCUT2D eigenvalue weighted by Gasteiger charge is -2.07. The molecule has 124 valence electrons. The predicted molar refractivity (Wildman–Crippen MR) is 91.0 cm³/mol. The number of rotatable bonds is 3. The van der Waals surface area contributed by atoms with Crippen LogP contribution in [0.5, 0.6) is 11.8 Å². The number of benzene rings is 2. The van der Waals surface area contributed by atoms with Crippen molar-refractivity contribution < 1.29 is 19.6 Å². The molecule has 0 aliphatic heterocycles. The Labute approximate surface area is 141 Å². The fourth-order valence-electron chi connectivity index (χ4n) is 2.90. The summed E-state index contributed by atoms with van der Waals surface area (Å²) in [6.45, 7) is 0. The molecule has 0 bridgehead atoms. The van der Waals surface area contributed by atoms with E-state index in [9.17, 15) is 20.3 Å². The predicted octanol–water partition coefficient (Wildman–Crippen LogP) is 4.21. The highest BCUT2D eigenvalue weighted by atomic mass is 16.6. The molecule has 0 aliphatic rings. The van der Waals surface area contributed by atoms with E-state index in [4.69, 9.17) is 4.42 Å². The molecule has 7 nitrogen and oxygen atoms in total. The van der Waals surface area contributed by atoms with Gasteiger partial charge in [-0.3, -0.25) is 14.7 Å². The molecule has 0 fully saturated rings. The molecule has 0 aliphatic carbocycles. The summed E-state index contributed by atoms with van der Waals surface area (Å²) >= 11 is 0. The van der Waals surface area contributed by atoms with Crippen molar-refractivity contribution in [2.45, 2.75) is 0 Å². The number of nitro groups is 1. The fourth-order valence-corrected chi connectivity index (χ4v) is 2.90. The van der Waals surface area contributed by atoms with Crippen LogP contribution in [0.25, 0.3) is 27.8 Å². The lowest BCUT2D eigenvalue weighted by molar-refractivity contribution is -0.400. The van der Waals surface area contributed by atoms with Crippen molar-refractivity contribution in [1.82, 2.24) is 4.57 Å². The molecule has 0 spiro atoms. The molecule has 0 saturated heterocycles. The molecule has 4 aromatic rings. The highest BCUT2D eigenvalue weighted by molar-refractivity contribution is 5.99. The van der Waals surface area contributed by atoms with E-state index in [1.54, 1.807) is 42.5 Å². The van der Waals surface area contributed by atoms with E-state index in [1.807, 2.05) is 6.07 Å². The Hall–Kier alpha value is -3.74. The van der Waals surface area contributed by atoms with Crippen LogP contribution in [0.2, 0.25) is 0 Å². The minimum Gasteiger partial charge on any atom is -0.494 e. The summed E-state index contributed by atoms with van der Waals surface area (Å²) in [7, 11) is 0. The first-order valence-corrected chi connectivity index (χ1v) is 7.42. The number of aromatic nitrogens is 1. The molecule has 7 heteroatoms. The van der Waals surface area contributed by atoms with Crippen molar-refractivity contribution in [3.63, 3.8) is 0 Å². The Morgan fingerprint density at radius 1 is 0.960 bits per heavy atom. The third kappa shape index (κ3) is 2.29. The molecule has 2 N–H and O–H groups in total. The van der Waals surface area contributed by atoms with E-state index in [0.29, 0.717) is 27.8 Å². The van der Waals surface area contributed by atoms with Gasteiger partial charge in [0.15, 0.2) is 11.8 Å². The molecule has 0 saturated carbocycles. The maximum Gasteiger partial charge on any atom is 0.442 e. The van der Waals surface area contributed by atoms with Gasteiger partial charge in [0, 0.05) is 17.5 Å². The number of fused-ring (bicyclic) bond motifs is 1. The first-order chi connectivity index (χ1) is 12.1. The van der Waals surface area contributed by atoms with Gasteiger partial charge in [-0.15, -0.1) is 0 Å². The number of nitrogens with zero attached hydrogens (tertiary/aromatic N) is 2. The van der Waals surface area contributed by atoms with E-state index in [1.165, 1.54) is 16.7 Å². The van der Waals surface area contributed by atoms with E-state index in [-0.39, 0.29) is 17.6 Å². The fraction of sp³-hybridized carbons (Fsp3) is 0. The number of furan rings is 1. The SMILES string of the molecule is O=[N+]([O-])c1oc2ccc(-n3c(O)ccc3O)cc2c1-c1ccccc1. The average molecular weight is 336 g/mol. The van der Waals surface area contributed by atoms with Gasteiger partial charge >= 0.3 is 5.88 Å². The molecule has 2 aromatic carbocycles. The van der Waals surface area contributed by atoms with Gasteiger partial charge in [-0.2, -0.15) is 0 Å². The number of hydrogen-bond donors (Lipinski definition) is 2. The summed E-state index contributed by atoms with van der Waals surface area (Å²) in [5, 5.41) is 31.7. The maximum atomic E-state index is 11.4. The summed E-state index contributed by atoms with van der Waals surface area (Å²) in [6.07, 6.45) is 0. The van der Waals surface area contributed by atoms with Crippen molar-refractivity contribution in [3.8, 4) is 28.6 Å². The summed E-state index contributed by atoms with van der Waals surface area (Å²) in [5.41, 5.74) is 1.81. The molecule has 2 aromatic heterocycles. The van der Waals surface area contributed by atoms with E-state index < -0.39 is 4.92 Å².